The molecule has 114 valence electrons. The monoisotopic (exact) mass is 298 g/mol. The number of hydrogen-bond acceptors (Lipinski definition) is 3. The van der Waals surface area contributed by atoms with E-state index < -0.39 is 5.69 Å². The molecule has 6 nitrogen and oxygen atoms in total. The molecule has 1 aromatic heterocycles. The van der Waals surface area contributed by atoms with Gasteiger partial charge in [0.1, 0.15) is 5.69 Å². The van der Waals surface area contributed by atoms with Crippen LogP contribution in [-0.2, 0) is 7.05 Å². The third kappa shape index (κ3) is 2.34. The van der Waals surface area contributed by atoms with Crippen molar-refractivity contribution < 1.29 is 4.79 Å². The lowest BCUT2D eigenvalue weighted by Crippen LogP contribution is -2.40. The molecule has 0 aliphatic carbocycles. The van der Waals surface area contributed by atoms with E-state index in [9.17, 15) is 9.59 Å². The molecule has 0 spiro atoms. The van der Waals surface area contributed by atoms with Gasteiger partial charge in [0, 0.05) is 18.3 Å². The lowest BCUT2D eigenvalue weighted by molar-refractivity contribution is -0.0632. The summed E-state index contributed by atoms with van der Waals surface area (Å²) in [6.07, 6.45) is 0. The van der Waals surface area contributed by atoms with Gasteiger partial charge in [-0.2, -0.15) is 4.79 Å². The molecule has 0 saturated heterocycles. The average Bonchev–Trinajstić information content (AvgIpc) is 2.48. The Morgan fingerprint density at radius 2 is 1.73 bits per heavy atom. The highest BCUT2D eigenvalue weighted by atomic mass is 16.2. The molecule has 22 heavy (non-hydrogen) atoms. The molecule has 0 radical (unpaired) electrons. The number of rotatable bonds is 2. The molecule has 0 saturated carbocycles. The minimum atomic E-state index is -0.393. The summed E-state index contributed by atoms with van der Waals surface area (Å²) in [6.45, 7) is 12.3. The van der Waals surface area contributed by atoms with Crippen LogP contribution in [0.4, 0.5) is 5.69 Å². The minimum absolute atomic E-state index is 0.330. The smallest absolute Gasteiger partial charge is 0.300 e. The fourth-order valence-electron chi connectivity index (χ4n) is 2.41. The van der Waals surface area contributed by atoms with Crippen LogP contribution in [0.3, 0.4) is 0 Å². The second kappa shape index (κ2) is 5.58. The van der Waals surface area contributed by atoms with E-state index in [0.29, 0.717) is 22.6 Å². The second-order valence-corrected chi connectivity index (χ2v) is 5.33. The van der Waals surface area contributed by atoms with E-state index in [4.69, 9.17) is 6.72 Å². The molecule has 1 heterocycles. The first kappa shape index (κ1) is 15.7. The summed E-state index contributed by atoms with van der Waals surface area (Å²) in [5.74, 6) is 0. The highest BCUT2D eigenvalue weighted by Gasteiger charge is 2.16. The quantitative estimate of drug-likeness (QED) is 0.366. The first-order valence-corrected chi connectivity index (χ1v) is 6.81. The van der Waals surface area contributed by atoms with Crippen molar-refractivity contribution in [3.63, 3.8) is 0 Å². The number of benzene rings is 1. The maximum Gasteiger partial charge on any atom is 0.335 e. The van der Waals surface area contributed by atoms with E-state index in [-0.39, 0.29) is 5.56 Å². The molecule has 0 aliphatic heterocycles. The van der Waals surface area contributed by atoms with Crippen molar-refractivity contribution in [2.45, 2.75) is 27.7 Å². The first-order chi connectivity index (χ1) is 10.3. The van der Waals surface area contributed by atoms with Gasteiger partial charge in [0.15, 0.2) is 0 Å². The lowest BCUT2D eigenvalue weighted by atomic mass is 10.1. The molecule has 0 unspecified atom stereocenters. The van der Waals surface area contributed by atoms with Crippen LogP contribution in [0.1, 0.15) is 22.4 Å². The molecule has 6 heteroatoms. The molecule has 2 aromatic rings. The second-order valence-electron chi connectivity index (χ2n) is 5.33. The van der Waals surface area contributed by atoms with Gasteiger partial charge in [-0.15, -0.1) is 0 Å². The van der Waals surface area contributed by atoms with Crippen LogP contribution in [0.5, 0.6) is 0 Å². The number of aryl methyl sites for hydroxylation is 2. The molecule has 0 amide bonds. The maximum absolute atomic E-state index is 12.5. The van der Waals surface area contributed by atoms with Crippen molar-refractivity contribution in [2.75, 3.05) is 0 Å². The van der Waals surface area contributed by atoms with Gasteiger partial charge in [-0.05, 0) is 51.6 Å². The Hall–Kier alpha value is -2.72. The van der Waals surface area contributed by atoms with Crippen molar-refractivity contribution >= 4 is 12.4 Å². The zero-order chi connectivity index (χ0) is 16.6. The summed E-state index contributed by atoms with van der Waals surface area (Å²) in [6, 6.07) is 3.50. The van der Waals surface area contributed by atoms with Crippen molar-refractivity contribution in [3.8, 4) is 5.69 Å². The Labute approximate surface area is 128 Å². The van der Waals surface area contributed by atoms with E-state index in [1.807, 2.05) is 19.9 Å². The summed E-state index contributed by atoms with van der Waals surface area (Å²) in [7, 11) is 1.64. The predicted molar refractivity (Wildman–Crippen MR) is 84.6 cm³/mol. The van der Waals surface area contributed by atoms with Gasteiger partial charge in [0.2, 0.25) is 0 Å². The third-order valence-corrected chi connectivity index (χ3v) is 3.97. The van der Waals surface area contributed by atoms with Crippen LogP contribution in [0.15, 0.2) is 26.8 Å². The van der Waals surface area contributed by atoms with Crippen molar-refractivity contribution in [1.82, 2.24) is 9.13 Å². The molecule has 0 fully saturated rings. The zero-order valence-corrected chi connectivity index (χ0v) is 13.3. The summed E-state index contributed by atoms with van der Waals surface area (Å²) in [5, 5.41) is 3.83. The van der Waals surface area contributed by atoms with Crippen LogP contribution < -0.4 is 11.2 Å². The van der Waals surface area contributed by atoms with Crippen molar-refractivity contribution in [1.29, 1.82) is 0 Å². The van der Waals surface area contributed by atoms with Crippen LogP contribution >= 0.6 is 0 Å². The number of nitrogens with zero attached hydrogens (tertiary/aromatic N) is 4. The Kier molecular flexibility index (Phi) is 3.97. The molecular weight excluding hydrogens is 280 g/mol. The summed E-state index contributed by atoms with van der Waals surface area (Å²) in [4.78, 5) is 28.3. The zero-order valence-electron chi connectivity index (χ0n) is 13.3. The normalized spacial score (nSPS) is 10.4. The van der Waals surface area contributed by atoms with E-state index in [0.717, 1.165) is 15.7 Å². The number of aromatic nitrogens is 2. The molecule has 0 atom stereocenters. The van der Waals surface area contributed by atoms with Gasteiger partial charge >= 0.3 is 5.69 Å². The van der Waals surface area contributed by atoms with Gasteiger partial charge in [-0.25, -0.2) is 9.36 Å². The molecule has 0 aliphatic rings. The highest BCUT2D eigenvalue weighted by Crippen LogP contribution is 2.24. The van der Waals surface area contributed by atoms with E-state index in [2.05, 4.69) is 9.90 Å². The van der Waals surface area contributed by atoms with Crippen molar-refractivity contribution in [2.24, 2.45) is 12.2 Å². The van der Waals surface area contributed by atoms with Gasteiger partial charge in [-0.1, -0.05) is 6.07 Å². The third-order valence-electron chi connectivity index (χ3n) is 3.97. The molecule has 0 bridgehead atoms. The molecular formula is C16H18N4O2. The van der Waals surface area contributed by atoms with Crippen LogP contribution in [-0.4, -0.2) is 20.6 Å². The molecule has 1 aromatic carbocycles. The largest absolute Gasteiger partial charge is 0.335 e. The van der Waals surface area contributed by atoms with E-state index >= 15 is 0 Å². The van der Waals surface area contributed by atoms with E-state index in [1.54, 1.807) is 27.0 Å². The summed E-state index contributed by atoms with van der Waals surface area (Å²) < 4.78 is 2.62. The minimum Gasteiger partial charge on any atom is -0.300 e. The lowest BCUT2D eigenvalue weighted by Gasteiger charge is -2.14. The standard InChI is InChI=1S/C16H18N4O2/c1-9-7-10(2)14(8-13(9)18-17-5)20-15(21)11(3)12(4)19(6)16(20)22/h5,7-8H,1-4,6H3. The van der Waals surface area contributed by atoms with Crippen LogP contribution in [0.25, 0.3) is 5.69 Å². The Morgan fingerprint density at radius 3 is 2.32 bits per heavy atom. The van der Waals surface area contributed by atoms with Gasteiger partial charge in [0.25, 0.3) is 5.56 Å². The van der Waals surface area contributed by atoms with Gasteiger partial charge < -0.3 is 4.57 Å². The summed E-state index contributed by atoms with van der Waals surface area (Å²) >= 11 is 0. The SMILES string of the molecule is [CH-]=[N+]=Nc1cc(-n2c(=O)c(C)c(C)n(C)c2=O)c(C)cc1C. The maximum atomic E-state index is 12.5. The first-order valence-electron chi connectivity index (χ1n) is 6.81. The average molecular weight is 298 g/mol. The van der Waals surface area contributed by atoms with Crippen molar-refractivity contribution in [3.05, 3.63) is 55.4 Å². The van der Waals surface area contributed by atoms with E-state index in [1.165, 1.54) is 4.57 Å². The van der Waals surface area contributed by atoms with Gasteiger partial charge in [0.05, 0.1) is 10.8 Å². The summed E-state index contributed by atoms with van der Waals surface area (Å²) in [5.41, 5.74) is 3.14. The molecule has 2 rings (SSSR count). The topological polar surface area (TPSA) is 70.5 Å². The van der Waals surface area contributed by atoms with Crippen LogP contribution in [0, 0.1) is 27.7 Å². The Morgan fingerprint density at radius 1 is 1.09 bits per heavy atom. The highest BCUT2D eigenvalue weighted by molar-refractivity contribution is 5.56. The van der Waals surface area contributed by atoms with Gasteiger partial charge in [-0.3, -0.25) is 4.79 Å². The fourth-order valence-corrected chi connectivity index (χ4v) is 2.41. The number of hydrogen-bond donors (Lipinski definition) is 0. The Balaban J connectivity index is 2.95. The fraction of sp³-hybridized carbons (Fsp3) is 0.312. The molecule has 0 N–H and O–H groups in total. The Bertz CT molecular complexity index is 891. The predicted octanol–water partition coefficient (Wildman–Crippen LogP) is 1.64. The van der Waals surface area contributed by atoms with Crippen LogP contribution in [0.2, 0.25) is 0 Å².